The Morgan fingerprint density at radius 1 is 1.53 bits per heavy atom. The number of benzene rings is 1. The first-order valence-corrected chi connectivity index (χ1v) is 5.70. The van der Waals surface area contributed by atoms with Crippen molar-refractivity contribution in [2.75, 3.05) is 0 Å². The zero-order chi connectivity index (χ0) is 13.0. The SMILES string of the molecule is CCC(Oc1ccc(C(C)O)cc1Cl)C(=O)O. The van der Waals surface area contributed by atoms with E-state index in [0.717, 1.165) is 0 Å². The third-order valence-electron chi connectivity index (χ3n) is 2.35. The van der Waals surface area contributed by atoms with Crippen molar-refractivity contribution in [2.45, 2.75) is 32.5 Å². The van der Waals surface area contributed by atoms with E-state index in [4.69, 9.17) is 21.4 Å². The summed E-state index contributed by atoms with van der Waals surface area (Å²) in [4.78, 5) is 10.8. The third-order valence-corrected chi connectivity index (χ3v) is 2.65. The maximum absolute atomic E-state index is 10.8. The topological polar surface area (TPSA) is 66.8 Å². The molecule has 0 fully saturated rings. The van der Waals surface area contributed by atoms with Gasteiger partial charge < -0.3 is 14.9 Å². The summed E-state index contributed by atoms with van der Waals surface area (Å²) >= 11 is 5.95. The van der Waals surface area contributed by atoms with E-state index in [-0.39, 0.29) is 0 Å². The molecule has 0 radical (unpaired) electrons. The molecule has 0 aliphatic rings. The van der Waals surface area contributed by atoms with Crippen LogP contribution in [0, 0.1) is 0 Å². The van der Waals surface area contributed by atoms with Gasteiger partial charge in [-0.2, -0.15) is 0 Å². The molecule has 94 valence electrons. The van der Waals surface area contributed by atoms with Crippen LogP contribution in [0.1, 0.15) is 31.9 Å². The standard InChI is InChI=1S/C12H15ClO4/c1-3-10(12(15)16)17-11-5-4-8(7(2)14)6-9(11)13/h4-7,10,14H,3H2,1-2H3,(H,15,16). The van der Waals surface area contributed by atoms with Gasteiger partial charge in [-0.15, -0.1) is 0 Å². The summed E-state index contributed by atoms with van der Waals surface area (Å²) in [5.74, 6) is -0.714. The van der Waals surface area contributed by atoms with Crippen molar-refractivity contribution in [2.24, 2.45) is 0 Å². The Bertz CT molecular complexity index is 403. The van der Waals surface area contributed by atoms with Crippen molar-refractivity contribution >= 4 is 17.6 Å². The maximum atomic E-state index is 10.8. The predicted octanol–water partition coefficient (Wildman–Crippen LogP) is 2.64. The highest BCUT2D eigenvalue weighted by Gasteiger charge is 2.18. The van der Waals surface area contributed by atoms with E-state index in [1.54, 1.807) is 32.0 Å². The smallest absolute Gasteiger partial charge is 0.344 e. The van der Waals surface area contributed by atoms with E-state index in [9.17, 15) is 9.90 Å². The molecular weight excluding hydrogens is 244 g/mol. The van der Waals surface area contributed by atoms with E-state index in [2.05, 4.69) is 0 Å². The molecule has 17 heavy (non-hydrogen) atoms. The lowest BCUT2D eigenvalue weighted by molar-refractivity contribution is -0.145. The van der Waals surface area contributed by atoms with Gasteiger partial charge in [-0.1, -0.05) is 24.6 Å². The van der Waals surface area contributed by atoms with Gasteiger partial charge in [0.15, 0.2) is 6.10 Å². The second-order valence-corrected chi connectivity index (χ2v) is 4.13. The van der Waals surface area contributed by atoms with Crippen LogP contribution in [0.3, 0.4) is 0 Å². The second-order valence-electron chi connectivity index (χ2n) is 3.72. The summed E-state index contributed by atoms with van der Waals surface area (Å²) < 4.78 is 5.28. The van der Waals surface area contributed by atoms with Gasteiger partial charge in [-0.3, -0.25) is 0 Å². The number of hydrogen-bond acceptors (Lipinski definition) is 3. The van der Waals surface area contributed by atoms with E-state index in [1.807, 2.05) is 0 Å². The molecule has 0 aliphatic heterocycles. The van der Waals surface area contributed by atoms with E-state index in [0.29, 0.717) is 22.8 Å². The summed E-state index contributed by atoms with van der Waals surface area (Å²) in [5, 5.41) is 18.5. The highest BCUT2D eigenvalue weighted by Crippen LogP contribution is 2.29. The molecule has 1 rings (SSSR count). The van der Waals surface area contributed by atoms with Crippen LogP contribution in [0.15, 0.2) is 18.2 Å². The van der Waals surface area contributed by atoms with Crippen LogP contribution in [0.4, 0.5) is 0 Å². The summed E-state index contributed by atoms with van der Waals surface area (Å²) in [6, 6.07) is 4.78. The highest BCUT2D eigenvalue weighted by atomic mass is 35.5. The molecule has 0 saturated heterocycles. The van der Waals surface area contributed by atoms with Crippen LogP contribution in [0.25, 0.3) is 0 Å². The largest absolute Gasteiger partial charge is 0.479 e. The highest BCUT2D eigenvalue weighted by molar-refractivity contribution is 6.32. The molecule has 2 N–H and O–H groups in total. The van der Waals surface area contributed by atoms with Crippen molar-refractivity contribution in [1.29, 1.82) is 0 Å². The van der Waals surface area contributed by atoms with Crippen LogP contribution in [-0.2, 0) is 4.79 Å². The first kappa shape index (κ1) is 13.8. The predicted molar refractivity (Wildman–Crippen MR) is 64.4 cm³/mol. The van der Waals surface area contributed by atoms with Crippen molar-refractivity contribution in [1.82, 2.24) is 0 Å². The lowest BCUT2D eigenvalue weighted by atomic mass is 10.1. The Kier molecular flexibility index (Phi) is 4.78. The third kappa shape index (κ3) is 3.61. The van der Waals surface area contributed by atoms with E-state index >= 15 is 0 Å². The number of aliphatic hydroxyl groups excluding tert-OH is 1. The summed E-state index contributed by atoms with van der Waals surface area (Å²) in [6.07, 6.45) is -1.18. The number of rotatable bonds is 5. The molecule has 2 atom stereocenters. The van der Waals surface area contributed by atoms with Crippen LogP contribution >= 0.6 is 11.6 Å². The molecule has 0 bridgehead atoms. The van der Waals surface area contributed by atoms with Crippen LogP contribution in [-0.4, -0.2) is 22.3 Å². The number of aliphatic hydroxyl groups is 1. The Labute approximate surface area is 105 Å². The van der Waals surface area contributed by atoms with Gasteiger partial charge >= 0.3 is 5.97 Å². The van der Waals surface area contributed by atoms with E-state index < -0.39 is 18.2 Å². The molecule has 4 nitrogen and oxygen atoms in total. The quantitative estimate of drug-likeness (QED) is 0.852. The monoisotopic (exact) mass is 258 g/mol. The Balaban J connectivity index is 2.89. The Hall–Kier alpha value is -1.26. The molecular formula is C12H15ClO4. The molecule has 0 aliphatic carbocycles. The van der Waals surface area contributed by atoms with Crippen molar-refractivity contribution in [3.8, 4) is 5.75 Å². The minimum absolute atomic E-state index is 0.295. The van der Waals surface area contributed by atoms with Crippen LogP contribution < -0.4 is 4.74 Å². The lowest BCUT2D eigenvalue weighted by Crippen LogP contribution is -2.26. The molecule has 0 spiro atoms. The minimum atomic E-state index is -1.02. The molecule has 1 aromatic carbocycles. The number of carboxylic acid groups (broad SMARTS) is 1. The molecule has 0 heterocycles. The number of ether oxygens (including phenoxy) is 1. The van der Waals surface area contributed by atoms with Gasteiger partial charge in [-0.05, 0) is 31.0 Å². The molecule has 2 unspecified atom stereocenters. The molecule has 0 saturated carbocycles. The summed E-state index contributed by atoms with van der Waals surface area (Å²) in [6.45, 7) is 3.34. The first-order valence-electron chi connectivity index (χ1n) is 5.32. The van der Waals surface area contributed by atoms with Gasteiger partial charge in [0.1, 0.15) is 5.75 Å². The van der Waals surface area contributed by atoms with Gasteiger partial charge in [-0.25, -0.2) is 4.79 Å². The van der Waals surface area contributed by atoms with Crippen molar-refractivity contribution in [3.05, 3.63) is 28.8 Å². The van der Waals surface area contributed by atoms with Gasteiger partial charge in [0.2, 0.25) is 0 Å². The van der Waals surface area contributed by atoms with Crippen LogP contribution in [0.5, 0.6) is 5.75 Å². The van der Waals surface area contributed by atoms with Crippen molar-refractivity contribution in [3.63, 3.8) is 0 Å². The zero-order valence-corrected chi connectivity index (χ0v) is 10.4. The molecule has 0 amide bonds. The second kappa shape index (κ2) is 5.89. The number of aliphatic carboxylic acids is 1. The fourth-order valence-electron chi connectivity index (χ4n) is 1.33. The normalized spacial score (nSPS) is 14.1. The fourth-order valence-corrected chi connectivity index (χ4v) is 1.57. The minimum Gasteiger partial charge on any atom is -0.479 e. The number of halogens is 1. The maximum Gasteiger partial charge on any atom is 0.344 e. The zero-order valence-electron chi connectivity index (χ0n) is 9.68. The van der Waals surface area contributed by atoms with E-state index in [1.165, 1.54) is 0 Å². The van der Waals surface area contributed by atoms with Gasteiger partial charge in [0.25, 0.3) is 0 Å². The summed E-state index contributed by atoms with van der Waals surface area (Å²) in [5.41, 5.74) is 0.658. The number of carboxylic acids is 1. The van der Waals surface area contributed by atoms with Crippen molar-refractivity contribution < 1.29 is 19.7 Å². The van der Waals surface area contributed by atoms with Crippen LogP contribution in [0.2, 0.25) is 5.02 Å². The molecule has 1 aromatic rings. The summed E-state index contributed by atoms with van der Waals surface area (Å²) in [7, 11) is 0. The molecule has 5 heteroatoms. The average molecular weight is 259 g/mol. The molecule has 0 aromatic heterocycles. The lowest BCUT2D eigenvalue weighted by Gasteiger charge is -2.15. The Morgan fingerprint density at radius 3 is 2.59 bits per heavy atom. The average Bonchev–Trinajstić information content (AvgIpc) is 2.26. The fraction of sp³-hybridized carbons (Fsp3) is 0.417. The number of carbonyl (C=O) groups is 1. The Morgan fingerprint density at radius 2 is 2.18 bits per heavy atom. The van der Waals surface area contributed by atoms with Gasteiger partial charge in [0, 0.05) is 0 Å². The van der Waals surface area contributed by atoms with Gasteiger partial charge in [0.05, 0.1) is 11.1 Å². The first-order chi connectivity index (χ1) is 7.95. The number of hydrogen-bond donors (Lipinski definition) is 2.